The summed E-state index contributed by atoms with van der Waals surface area (Å²) in [6.07, 6.45) is 2.41. The van der Waals surface area contributed by atoms with E-state index in [0.29, 0.717) is 32.4 Å². The van der Waals surface area contributed by atoms with Gasteiger partial charge in [0.05, 0.1) is 6.04 Å². The second kappa shape index (κ2) is 11.1. The minimum Gasteiger partial charge on any atom is -0.480 e. The highest BCUT2D eigenvalue weighted by Gasteiger charge is 2.39. The van der Waals surface area contributed by atoms with Gasteiger partial charge >= 0.3 is 5.97 Å². The molecule has 2 saturated heterocycles. The summed E-state index contributed by atoms with van der Waals surface area (Å²) in [7, 11) is 0. The molecular formula is C20H33N5O6. The Kier molecular flexibility index (Phi) is 8.78. The van der Waals surface area contributed by atoms with E-state index in [2.05, 4.69) is 16.0 Å². The molecule has 6 N–H and O–H groups in total. The Hall–Kier alpha value is -2.69. The Balaban J connectivity index is 2.11. The van der Waals surface area contributed by atoms with E-state index in [0.717, 1.165) is 6.42 Å². The lowest BCUT2D eigenvalue weighted by Crippen LogP contribution is -2.57. The number of rotatable bonds is 10. The van der Waals surface area contributed by atoms with Gasteiger partial charge in [0.25, 0.3) is 0 Å². The van der Waals surface area contributed by atoms with Crippen molar-refractivity contribution in [2.24, 2.45) is 11.7 Å². The average molecular weight is 440 g/mol. The number of carboxylic acids is 1. The molecule has 11 heteroatoms. The van der Waals surface area contributed by atoms with Crippen LogP contribution in [0, 0.1) is 5.92 Å². The Morgan fingerprint density at radius 1 is 1.10 bits per heavy atom. The topological polar surface area (TPSA) is 171 Å². The number of carbonyl (C=O) groups is 5. The summed E-state index contributed by atoms with van der Waals surface area (Å²) in [5.41, 5.74) is 5.23. The Morgan fingerprint density at radius 3 is 2.35 bits per heavy atom. The first kappa shape index (κ1) is 24.6. The molecule has 0 bridgehead atoms. The molecule has 31 heavy (non-hydrogen) atoms. The number of nitrogens with zero attached hydrogens (tertiary/aromatic N) is 1. The number of carboxylic acid groups (broad SMARTS) is 1. The molecule has 0 saturated carbocycles. The smallest absolute Gasteiger partial charge is 0.326 e. The zero-order chi connectivity index (χ0) is 23.1. The predicted octanol–water partition coefficient (Wildman–Crippen LogP) is -1.29. The van der Waals surface area contributed by atoms with Crippen LogP contribution in [0.1, 0.15) is 52.4 Å². The molecule has 0 aromatic rings. The van der Waals surface area contributed by atoms with Gasteiger partial charge in [0, 0.05) is 13.0 Å². The Labute approximate surface area is 181 Å². The van der Waals surface area contributed by atoms with E-state index < -0.39 is 47.9 Å². The third kappa shape index (κ3) is 6.65. The lowest BCUT2D eigenvalue weighted by atomic mass is 10.0. The SMILES string of the molecule is CC(C)C(NC(=O)C1CCCN1C(=O)C(CCC(N)=O)NC(=O)C1CCCN1)C(=O)O. The monoisotopic (exact) mass is 439 g/mol. The summed E-state index contributed by atoms with van der Waals surface area (Å²) in [6.45, 7) is 4.39. The summed E-state index contributed by atoms with van der Waals surface area (Å²) in [4.78, 5) is 62.6. The number of carbonyl (C=O) groups excluding carboxylic acids is 4. The third-order valence-corrected chi connectivity index (χ3v) is 5.74. The quantitative estimate of drug-likeness (QED) is 0.282. The number of nitrogens with two attached hydrogens (primary N) is 1. The minimum absolute atomic E-state index is 0.0290. The highest BCUT2D eigenvalue weighted by atomic mass is 16.4. The molecule has 2 heterocycles. The molecule has 0 aromatic heterocycles. The summed E-state index contributed by atoms with van der Waals surface area (Å²) in [5.74, 6) is -3.40. The molecule has 2 aliphatic heterocycles. The summed E-state index contributed by atoms with van der Waals surface area (Å²) < 4.78 is 0. The van der Waals surface area contributed by atoms with Crippen molar-refractivity contribution >= 4 is 29.6 Å². The van der Waals surface area contributed by atoms with Crippen molar-refractivity contribution in [1.29, 1.82) is 0 Å². The van der Waals surface area contributed by atoms with E-state index >= 15 is 0 Å². The van der Waals surface area contributed by atoms with Crippen LogP contribution in [0.15, 0.2) is 0 Å². The van der Waals surface area contributed by atoms with Crippen LogP contribution in [0.4, 0.5) is 0 Å². The average Bonchev–Trinajstić information content (AvgIpc) is 3.39. The van der Waals surface area contributed by atoms with Crippen molar-refractivity contribution in [2.75, 3.05) is 13.1 Å². The van der Waals surface area contributed by atoms with Crippen molar-refractivity contribution in [2.45, 2.75) is 76.5 Å². The van der Waals surface area contributed by atoms with Crippen molar-refractivity contribution in [3.8, 4) is 0 Å². The highest BCUT2D eigenvalue weighted by Crippen LogP contribution is 2.20. The van der Waals surface area contributed by atoms with Crippen LogP contribution in [0.25, 0.3) is 0 Å². The third-order valence-electron chi connectivity index (χ3n) is 5.74. The van der Waals surface area contributed by atoms with E-state index in [4.69, 9.17) is 5.73 Å². The van der Waals surface area contributed by atoms with Gasteiger partial charge in [-0.3, -0.25) is 19.2 Å². The van der Waals surface area contributed by atoms with Gasteiger partial charge in [0.15, 0.2) is 0 Å². The zero-order valence-electron chi connectivity index (χ0n) is 18.1. The molecule has 11 nitrogen and oxygen atoms in total. The van der Waals surface area contributed by atoms with Crippen LogP contribution in [-0.4, -0.2) is 76.9 Å². The van der Waals surface area contributed by atoms with E-state index in [-0.39, 0.29) is 24.7 Å². The number of hydrogen-bond acceptors (Lipinski definition) is 6. The van der Waals surface area contributed by atoms with Crippen molar-refractivity contribution in [1.82, 2.24) is 20.9 Å². The number of aliphatic carboxylic acids is 1. The second-order valence-corrected chi connectivity index (χ2v) is 8.47. The van der Waals surface area contributed by atoms with Gasteiger partial charge in [-0.2, -0.15) is 0 Å². The Bertz CT molecular complexity index is 706. The van der Waals surface area contributed by atoms with Crippen LogP contribution >= 0.6 is 0 Å². The maximum Gasteiger partial charge on any atom is 0.326 e. The molecule has 4 unspecified atom stereocenters. The molecule has 0 aromatic carbocycles. The lowest BCUT2D eigenvalue weighted by molar-refractivity contribution is -0.145. The van der Waals surface area contributed by atoms with Crippen molar-refractivity contribution in [3.05, 3.63) is 0 Å². The molecule has 2 fully saturated rings. The molecule has 2 aliphatic rings. The number of primary amides is 1. The number of nitrogens with one attached hydrogen (secondary N) is 3. The van der Waals surface area contributed by atoms with Crippen LogP contribution < -0.4 is 21.7 Å². The maximum atomic E-state index is 13.2. The van der Waals surface area contributed by atoms with Crippen LogP contribution in [0.3, 0.4) is 0 Å². The van der Waals surface area contributed by atoms with Gasteiger partial charge in [0.2, 0.25) is 23.6 Å². The molecule has 0 radical (unpaired) electrons. The molecule has 0 spiro atoms. The second-order valence-electron chi connectivity index (χ2n) is 8.47. The van der Waals surface area contributed by atoms with Crippen molar-refractivity contribution < 1.29 is 29.1 Å². The maximum absolute atomic E-state index is 13.2. The normalized spacial score (nSPS) is 22.7. The number of amides is 4. The van der Waals surface area contributed by atoms with Gasteiger partial charge in [-0.1, -0.05) is 13.8 Å². The van der Waals surface area contributed by atoms with E-state index in [1.807, 2.05) is 0 Å². The Morgan fingerprint density at radius 2 is 1.81 bits per heavy atom. The number of hydrogen-bond donors (Lipinski definition) is 5. The predicted molar refractivity (Wildman–Crippen MR) is 111 cm³/mol. The van der Waals surface area contributed by atoms with Crippen LogP contribution in [-0.2, 0) is 24.0 Å². The van der Waals surface area contributed by atoms with Gasteiger partial charge in [-0.25, -0.2) is 4.79 Å². The van der Waals surface area contributed by atoms with Crippen LogP contribution in [0.2, 0.25) is 0 Å². The zero-order valence-corrected chi connectivity index (χ0v) is 18.1. The fourth-order valence-corrected chi connectivity index (χ4v) is 3.99. The van der Waals surface area contributed by atoms with E-state index in [9.17, 15) is 29.1 Å². The fourth-order valence-electron chi connectivity index (χ4n) is 3.99. The summed E-state index contributed by atoms with van der Waals surface area (Å²) >= 11 is 0. The lowest BCUT2D eigenvalue weighted by Gasteiger charge is -2.30. The van der Waals surface area contributed by atoms with Gasteiger partial charge in [-0.05, 0) is 44.6 Å². The number of likely N-dealkylation sites (tertiary alicyclic amines) is 1. The first-order valence-electron chi connectivity index (χ1n) is 10.8. The minimum atomic E-state index is -1.14. The fraction of sp³-hybridized carbons (Fsp3) is 0.750. The van der Waals surface area contributed by atoms with Gasteiger partial charge in [-0.15, -0.1) is 0 Å². The molecule has 174 valence electrons. The largest absolute Gasteiger partial charge is 0.480 e. The van der Waals surface area contributed by atoms with E-state index in [1.165, 1.54) is 4.90 Å². The molecule has 0 aliphatic carbocycles. The molecule has 4 atom stereocenters. The summed E-state index contributed by atoms with van der Waals surface area (Å²) in [6, 6.07) is -3.28. The van der Waals surface area contributed by atoms with Gasteiger partial charge < -0.3 is 31.7 Å². The van der Waals surface area contributed by atoms with Crippen molar-refractivity contribution in [3.63, 3.8) is 0 Å². The molecular weight excluding hydrogens is 406 g/mol. The van der Waals surface area contributed by atoms with Gasteiger partial charge in [0.1, 0.15) is 18.1 Å². The first-order chi connectivity index (χ1) is 14.6. The van der Waals surface area contributed by atoms with Crippen LogP contribution in [0.5, 0.6) is 0 Å². The standard InChI is InChI=1S/C20H33N5O6/c1-11(2)16(20(30)31)24-18(28)14-6-4-10-25(14)19(29)13(7-8-15(21)26)23-17(27)12-5-3-9-22-12/h11-14,16,22H,3-10H2,1-2H3,(H2,21,26)(H,23,27)(H,24,28)(H,30,31). The highest BCUT2D eigenvalue weighted by molar-refractivity contribution is 5.94. The molecule has 4 amide bonds. The first-order valence-corrected chi connectivity index (χ1v) is 10.8. The summed E-state index contributed by atoms with van der Waals surface area (Å²) in [5, 5.41) is 17.6. The van der Waals surface area contributed by atoms with E-state index in [1.54, 1.807) is 13.8 Å². The molecule has 2 rings (SSSR count).